The van der Waals surface area contributed by atoms with Crippen LogP contribution in [0.1, 0.15) is 92.4 Å². The summed E-state index contributed by atoms with van der Waals surface area (Å²) >= 11 is 0. The second kappa shape index (κ2) is 12.0. The average molecular weight is 647 g/mol. The van der Waals surface area contributed by atoms with Gasteiger partial charge < -0.3 is 45.3 Å². The van der Waals surface area contributed by atoms with E-state index in [-0.39, 0.29) is 22.7 Å². The number of fused-ring (bicyclic) bond motifs is 7. The molecule has 7 aliphatic rings. The molecule has 10 nitrogen and oxygen atoms in total. The van der Waals surface area contributed by atoms with Gasteiger partial charge in [-0.15, -0.1) is 0 Å². The summed E-state index contributed by atoms with van der Waals surface area (Å²) in [6.07, 6.45) is 7.39. The van der Waals surface area contributed by atoms with Crippen LogP contribution in [0.15, 0.2) is 11.6 Å². The molecule has 0 aromatic rings. The van der Waals surface area contributed by atoms with Crippen molar-refractivity contribution in [1.29, 1.82) is 0 Å². The minimum Gasteiger partial charge on any atom is -0.394 e. The van der Waals surface area contributed by atoms with Crippen LogP contribution in [0.3, 0.4) is 0 Å². The number of ether oxygens (including phenoxy) is 4. The molecule has 3 saturated carbocycles. The number of aliphatic hydroxyl groups is 3. The Morgan fingerprint density at radius 2 is 1.91 bits per heavy atom. The van der Waals surface area contributed by atoms with Crippen LogP contribution in [0, 0.1) is 46.3 Å². The Kier molecular flexibility index (Phi) is 8.74. The van der Waals surface area contributed by atoms with Crippen LogP contribution in [-0.2, 0) is 23.7 Å². The van der Waals surface area contributed by atoms with E-state index in [4.69, 9.17) is 24.7 Å². The fourth-order valence-electron chi connectivity index (χ4n) is 11.6. The van der Waals surface area contributed by atoms with E-state index in [1.165, 1.54) is 24.8 Å². The van der Waals surface area contributed by atoms with Crippen LogP contribution in [0.25, 0.3) is 0 Å². The highest BCUT2D eigenvalue weighted by molar-refractivity contribution is 5.81. The Bertz CT molecular complexity index is 1190. The molecule has 10 heteroatoms. The maximum Gasteiger partial charge on any atom is 0.237 e. The van der Waals surface area contributed by atoms with E-state index in [9.17, 15) is 20.1 Å². The first-order chi connectivity index (χ1) is 21.8. The molecule has 3 saturated heterocycles. The summed E-state index contributed by atoms with van der Waals surface area (Å²) in [4.78, 5) is 12.5. The van der Waals surface area contributed by atoms with Gasteiger partial charge in [-0.05, 0) is 98.7 Å². The zero-order valence-electron chi connectivity index (χ0n) is 28.4. The van der Waals surface area contributed by atoms with Crippen LogP contribution in [-0.4, -0.2) is 89.1 Å². The molecule has 0 radical (unpaired) electrons. The zero-order valence-corrected chi connectivity index (χ0v) is 28.4. The fourth-order valence-corrected chi connectivity index (χ4v) is 11.6. The van der Waals surface area contributed by atoms with Crippen molar-refractivity contribution in [3.8, 4) is 0 Å². The molecule has 0 bridgehead atoms. The lowest BCUT2D eigenvalue weighted by Gasteiger charge is -2.58. The van der Waals surface area contributed by atoms with E-state index in [2.05, 4.69) is 39.1 Å². The molecule has 260 valence electrons. The van der Waals surface area contributed by atoms with Gasteiger partial charge >= 0.3 is 0 Å². The van der Waals surface area contributed by atoms with E-state index in [0.717, 1.165) is 45.1 Å². The maximum absolute atomic E-state index is 12.5. The van der Waals surface area contributed by atoms with Crippen molar-refractivity contribution in [2.24, 2.45) is 52.1 Å². The van der Waals surface area contributed by atoms with Gasteiger partial charge in [0.15, 0.2) is 12.1 Å². The third-order valence-corrected chi connectivity index (χ3v) is 14.3. The third-order valence-electron chi connectivity index (χ3n) is 14.3. The number of nitrogens with one attached hydrogen (secondary N) is 1. The van der Waals surface area contributed by atoms with E-state index in [1.54, 1.807) is 6.92 Å². The molecule has 6 fully saturated rings. The first-order valence-electron chi connectivity index (χ1n) is 18.2. The van der Waals surface area contributed by atoms with Crippen molar-refractivity contribution in [3.05, 3.63) is 11.6 Å². The Hall–Kier alpha value is -1.11. The first kappa shape index (κ1) is 33.4. The lowest BCUT2D eigenvalue weighted by molar-refractivity contribution is -0.284. The lowest BCUT2D eigenvalue weighted by atomic mass is 9.47. The highest BCUT2D eigenvalue weighted by Gasteiger charge is 2.68. The molecule has 17 atom stereocenters. The van der Waals surface area contributed by atoms with E-state index in [1.807, 2.05) is 0 Å². The van der Waals surface area contributed by atoms with E-state index in [0.29, 0.717) is 41.6 Å². The number of amides is 1. The van der Waals surface area contributed by atoms with Gasteiger partial charge in [0.25, 0.3) is 0 Å². The standard InChI is InChI=1S/C36H58N2O8/c1-18-8-13-36(43-17-18)19(2)28-26(46-36)15-25-23-7-6-21-14-22(9-11-34(21,4)24(23)10-12-35(25,28)5)44-33-29(38-32(42)20(3)37)31(41)30(40)27(16-39)45-33/h6,18-20,22-31,33,39-41H,7-17,37H2,1-5H3,(H,38,42)/t18-,19+,20-,22+,23-,24+,25+,26+,27-,28+,29-,30-,31-,33-,34+,35+,36-/m1/s1. The number of aliphatic hydroxyl groups excluding tert-OH is 3. The van der Waals surface area contributed by atoms with Crippen LogP contribution in [0.2, 0.25) is 0 Å². The molecule has 1 amide bonds. The number of hydrogen-bond acceptors (Lipinski definition) is 9. The molecule has 7 rings (SSSR count). The van der Waals surface area contributed by atoms with Gasteiger partial charge in [-0.3, -0.25) is 4.79 Å². The predicted molar refractivity (Wildman–Crippen MR) is 170 cm³/mol. The Morgan fingerprint density at radius 3 is 2.61 bits per heavy atom. The summed E-state index contributed by atoms with van der Waals surface area (Å²) in [7, 11) is 0. The Balaban J connectivity index is 1.05. The van der Waals surface area contributed by atoms with Crippen molar-refractivity contribution in [3.63, 3.8) is 0 Å². The third kappa shape index (κ3) is 5.15. The maximum atomic E-state index is 12.5. The molecule has 4 aliphatic carbocycles. The number of allylic oxidation sites excluding steroid dienone is 1. The fraction of sp³-hybridized carbons (Fsp3) is 0.917. The zero-order chi connectivity index (χ0) is 32.8. The smallest absolute Gasteiger partial charge is 0.237 e. The predicted octanol–water partition coefficient (Wildman–Crippen LogP) is 3.01. The summed E-state index contributed by atoms with van der Waals surface area (Å²) in [5.74, 6) is 2.66. The first-order valence-corrected chi connectivity index (χ1v) is 18.2. The van der Waals surface area contributed by atoms with Gasteiger partial charge in [-0.1, -0.05) is 39.3 Å². The minimum absolute atomic E-state index is 0.109. The Labute approximate surface area is 274 Å². The van der Waals surface area contributed by atoms with Crippen LogP contribution >= 0.6 is 0 Å². The lowest BCUT2D eigenvalue weighted by Crippen LogP contribution is -2.66. The highest BCUT2D eigenvalue weighted by atomic mass is 16.7. The van der Waals surface area contributed by atoms with Crippen molar-refractivity contribution >= 4 is 5.91 Å². The molecule has 0 unspecified atom stereocenters. The molecular formula is C36H58N2O8. The number of carbonyl (C=O) groups excluding carboxylic acids is 1. The van der Waals surface area contributed by atoms with Gasteiger partial charge in [-0.25, -0.2) is 0 Å². The minimum atomic E-state index is -1.36. The molecule has 6 N–H and O–H groups in total. The number of hydrogen-bond donors (Lipinski definition) is 5. The molecule has 0 aromatic heterocycles. The van der Waals surface area contributed by atoms with Crippen LogP contribution in [0.5, 0.6) is 0 Å². The molecule has 3 heterocycles. The molecule has 46 heavy (non-hydrogen) atoms. The quantitative estimate of drug-likeness (QED) is 0.284. The second-order valence-electron chi connectivity index (χ2n) is 16.8. The molecule has 3 aliphatic heterocycles. The topological polar surface area (TPSA) is 153 Å². The van der Waals surface area contributed by atoms with Crippen LogP contribution in [0.4, 0.5) is 0 Å². The summed E-state index contributed by atoms with van der Waals surface area (Å²) in [5.41, 5.74) is 7.60. The summed E-state index contributed by atoms with van der Waals surface area (Å²) < 4.78 is 25.9. The van der Waals surface area contributed by atoms with Crippen molar-refractivity contribution < 1.29 is 39.1 Å². The summed E-state index contributed by atoms with van der Waals surface area (Å²) in [6.45, 7) is 11.6. The molecule has 0 aromatic carbocycles. The second-order valence-corrected chi connectivity index (χ2v) is 16.8. The monoisotopic (exact) mass is 646 g/mol. The number of rotatable bonds is 5. The molecule has 1 spiro atoms. The average Bonchev–Trinajstić information content (AvgIpc) is 3.47. The van der Waals surface area contributed by atoms with Gasteiger partial charge in [0.2, 0.25) is 5.91 Å². The van der Waals surface area contributed by atoms with Crippen molar-refractivity contribution in [1.82, 2.24) is 5.32 Å². The van der Waals surface area contributed by atoms with Gasteiger partial charge in [0.05, 0.1) is 31.5 Å². The van der Waals surface area contributed by atoms with Gasteiger partial charge in [0, 0.05) is 12.3 Å². The number of carbonyl (C=O) groups is 1. The van der Waals surface area contributed by atoms with Crippen LogP contribution < -0.4 is 11.1 Å². The highest BCUT2D eigenvalue weighted by Crippen LogP contribution is 2.70. The normalized spacial score (nSPS) is 53.8. The van der Waals surface area contributed by atoms with Gasteiger partial charge in [-0.2, -0.15) is 0 Å². The van der Waals surface area contributed by atoms with E-state index < -0.39 is 49.2 Å². The van der Waals surface area contributed by atoms with Gasteiger partial charge in [0.1, 0.15) is 24.4 Å². The summed E-state index contributed by atoms with van der Waals surface area (Å²) in [6, 6.07) is -1.80. The van der Waals surface area contributed by atoms with Crippen molar-refractivity contribution in [2.75, 3.05) is 13.2 Å². The van der Waals surface area contributed by atoms with E-state index >= 15 is 0 Å². The number of nitrogens with two attached hydrogens (primary N) is 1. The Morgan fingerprint density at radius 1 is 1.13 bits per heavy atom. The van der Waals surface area contributed by atoms with Crippen molar-refractivity contribution in [2.45, 2.75) is 147 Å². The SMILES string of the molecule is C[C@@H]1CC[C@@]2(OC1)O[C@H]1C[C@H]3[C@@H]4CC=C5C[C@@H](O[C@@H]6O[C@H](CO)[C@@H](O)[C@H](O)[C@H]6NC(=O)[C@@H](C)N)CC[C@]5(C)[C@H]4CC[C@]3(C)[C@H]1[C@@H]2C. The largest absolute Gasteiger partial charge is 0.394 e. The summed E-state index contributed by atoms with van der Waals surface area (Å²) in [5, 5.41) is 33.9. The molecular weight excluding hydrogens is 588 g/mol.